The van der Waals surface area contributed by atoms with Crippen LogP contribution in [0.2, 0.25) is 0 Å². The molecular formula is C13H17NO2S. The van der Waals surface area contributed by atoms with E-state index in [0.29, 0.717) is 6.54 Å². The van der Waals surface area contributed by atoms with Crippen LogP contribution in [0.1, 0.15) is 23.2 Å². The van der Waals surface area contributed by atoms with E-state index in [1.807, 2.05) is 30.5 Å². The molecule has 1 saturated heterocycles. The van der Waals surface area contributed by atoms with E-state index in [4.69, 9.17) is 4.74 Å². The van der Waals surface area contributed by atoms with Crippen LogP contribution in [0.5, 0.6) is 0 Å². The highest BCUT2D eigenvalue weighted by Gasteiger charge is 2.17. The van der Waals surface area contributed by atoms with Crippen molar-refractivity contribution in [1.82, 2.24) is 5.32 Å². The van der Waals surface area contributed by atoms with Crippen molar-refractivity contribution in [2.45, 2.75) is 23.8 Å². The van der Waals surface area contributed by atoms with E-state index < -0.39 is 0 Å². The molecule has 4 heteroatoms. The second-order valence-corrected chi connectivity index (χ2v) is 4.89. The third-order valence-electron chi connectivity index (χ3n) is 2.87. The van der Waals surface area contributed by atoms with Gasteiger partial charge in [-0.05, 0) is 31.2 Å². The van der Waals surface area contributed by atoms with Crippen molar-refractivity contribution in [3.63, 3.8) is 0 Å². The first-order chi connectivity index (χ1) is 8.31. The first kappa shape index (κ1) is 12.5. The zero-order chi connectivity index (χ0) is 12.1. The highest BCUT2D eigenvalue weighted by atomic mass is 32.2. The third kappa shape index (κ3) is 3.23. The molecule has 0 saturated carbocycles. The molecular weight excluding hydrogens is 234 g/mol. The summed E-state index contributed by atoms with van der Waals surface area (Å²) in [6, 6.07) is 7.66. The van der Waals surface area contributed by atoms with Crippen molar-refractivity contribution in [2.24, 2.45) is 0 Å². The average molecular weight is 251 g/mol. The Balaban J connectivity index is 1.94. The number of nitrogens with one attached hydrogen (secondary N) is 1. The molecule has 1 atom stereocenters. The van der Waals surface area contributed by atoms with Crippen LogP contribution in [0, 0.1) is 0 Å². The minimum absolute atomic E-state index is 0.00884. The number of hydrogen-bond donors (Lipinski definition) is 1. The van der Waals surface area contributed by atoms with Crippen LogP contribution in [0.3, 0.4) is 0 Å². The van der Waals surface area contributed by atoms with Crippen LogP contribution in [-0.2, 0) is 4.74 Å². The Morgan fingerprint density at radius 3 is 3.06 bits per heavy atom. The molecule has 0 aromatic heterocycles. The lowest BCUT2D eigenvalue weighted by Gasteiger charge is -2.12. The summed E-state index contributed by atoms with van der Waals surface area (Å²) in [5, 5.41) is 2.94. The van der Waals surface area contributed by atoms with Gasteiger partial charge >= 0.3 is 0 Å². The lowest BCUT2D eigenvalue weighted by atomic mass is 10.2. The molecule has 1 aromatic rings. The quantitative estimate of drug-likeness (QED) is 0.835. The molecule has 0 aliphatic carbocycles. The molecule has 0 radical (unpaired) electrons. The molecule has 0 bridgehead atoms. The minimum Gasteiger partial charge on any atom is -0.376 e. The standard InChI is InChI=1S/C13H17NO2S/c1-17-12-7-3-2-6-11(12)13(15)14-9-10-5-4-8-16-10/h2-3,6-7,10H,4-5,8-9H2,1H3,(H,14,15)/t10-/m0/s1. The molecule has 92 valence electrons. The zero-order valence-corrected chi connectivity index (χ0v) is 10.8. The fourth-order valence-electron chi connectivity index (χ4n) is 1.94. The average Bonchev–Trinajstić information content (AvgIpc) is 2.89. The van der Waals surface area contributed by atoms with Gasteiger partial charge < -0.3 is 10.1 Å². The Bertz CT molecular complexity index is 389. The first-order valence-corrected chi connectivity index (χ1v) is 7.06. The van der Waals surface area contributed by atoms with Gasteiger partial charge in [0.25, 0.3) is 5.91 Å². The van der Waals surface area contributed by atoms with Crippen LogP contribution in [0.25, 0.3) is 0 Å². The molecule has 1 N–H and O–H groups in total. The summed E-state index contributed by atoms with van der Waals surface area (Å²) < 4.78 is 5.48. The minimum atomic E-state index is -0.00884. The SMILES string of the molecule is CSc1ccccc1C(=O)NC[C@@H]1CCCO1. The monoisotopic (exact) mass is 251 g/mol. The Morgan fingerprint density at radius 1 is 1.53 bits per heavy atom. The van der Waals surface area contributed by atoms with Gasteiger partial charge in [-0.3, -0.25) is 4.79 Å². The number of ether oxygens (including phenoxy) is 1. The third-order valence-corrected chi connectivity index (χ3v) is 3.66. The van der Waals surface area contributed by atoms with Gasteiger partial charge in [0.1, 0.15) is 0 Å². The number of rotatable bonds is 4. The van der Waals surface area contributed by atoms with Crippen LogP contribution in [-0.4, -0.2) is 31.4 Å². The molecule has 1 heterocycles. The molecule has 17 heavy (non-hydrogen) atoms. The Morgan fingerprint density at radius 2 is 2.35 bits per heavy atom. The topological polar surface area (TPSA) is 38.3 Å². The van der Waals surface area contributed by atoms with Gasteiger partial charge in [-0.25, -0.2) is 0 Å². The molecule has 1 aliphatic rings. The summed E-state index contributed by atoms with van der Waals surface area (Å²) in [5.41, 5.74) is 0.748. The van der Waals surface area contributed by atoms with Crippen LogP contribution >= 0.6 is 11.8 Å². The molecule has 3 nitrogen and oxygen atoms in total. The van der Waals surface area contributed by atoms with Gasteiger partial charge in [-0.1, -0.05) is 12.1 Å². The normalized spacial score (nSPS) is 19.2. The fraction of sp³-hybridized carbons (Fsp3) is 0.462. The van der Waals surface area contributed by atoms with Gasteiger partial charge in [-0.2, -0.15) is 0 Å². The molecule has 1 amide bonds. The second-order valence-electron chi connectivity index (χ2n) is 4.05. The first-order valence-electron chi connectivity index (χ1n) is 5.84. The van der Waals surface area contributed by atoms with E-state index in [9.17, 15) is 4.79 Å². The van der Waals surface area contributed by atoms with Crippen molar-refractivity contribution < 1.29 is 9.53 Å². The molecule has 0 unspecified atom stereocenters. The smallest absolute Gasteiger partial charge is 0.252 e. The highest BCUT2D eigenvalue weighted by Crippen LogP contribution is 2.19. The molecule has 2 rings (SSSR count). The lowest BCUT2D eigenvalue weighted by molar-refractivity contribution is 0.0855. The summed E-state index contributed by atoms with van der Waals surface area (Å²) in [4.78, 5) is 13.0. The van der Waals surface area contributed by atoms with Gasteiger partial charge in [0.2, 0.25) is 0 Å². The summed E-state index contributed by atoms with van der Waals surface area (Å²) in [7, 11) is 0. The van der Waals surface area contributed by atoms with E-state index in [0.717, 1.165) is 29.9 Å². The van der Waals surface area contributed by atoms with Gasteiger partial charge in [0.15, 0.2) is 0 Å². The molecule has 1 aromatic carbocycles. The van der Waals surface area contributed by atoms with E-state index in [1.165, 1.54) is 0 Å². The van der Waals surface area contributed by atoms with E-state index in [1.54, 1.807) is 11.8 Å². The predicted molar refractivity (Wildman–Crippen MR) is 69.5 cm³/mol. The van der Waals surface area contributed by atoms with Crippen molar-refractivity contribution >= 4 is 17.7 Å². The van der Waals surface area contributed by atoms with E-state index in [-0.39, 0.29) is 12.0 Å². The van der Waals surface area contributed by atoms with Gasteiger partial charge in [0.05, 0.1) is 11.7 Å². The number of thioether (sulfide) groups is 1. The maximum Gasteiger partial charge on any atom is 0.252 e. The van der Waals surface area contributed by atoms with Crippen LogP contribution in [0.15, 0.2) is 29.2 Å². The van der Waals surface area contributed by atoms with Crippen LogP contribution < -0.4 is 5.32 Å². The fourth-order valence-corrected chi connectivity index (χ4v) is 2.53. The number of carbonyl (C=O) groups is 1. The highest BCUT2D eigenvalue weighted by molar-refractivity contribution is 7.98. The largest absolute Gasteiger partial charge is 0.376 e. The van der Waals surface area contributed by atoms with Gasteiger partial charge in [-0.15, -0.1) is 11.8 Å². The van der Waals surface area contributed by atoms with E-state index in [2.05, 4.69) is 5.32 Å². The summed E-state index contributed by atoms with van der Waals surface area (Å²) in [6.07, 6.45) is 4.32. The van der Waals surface area contributed by atoms with Crippen molar-refractivity contribution in [3.8, 4) is 0 Å². The summed E-state index contributed by atoms with van der Waals surface area (Å²) in [6.45, 7) is 1.43. The molecule has 1 aliphatic heterocycles. The van der Waals surface area contributed by atoms with Crippen molar-refractivity contribution in [3.05, 3.63) is 29.8 Å². The lowest BCUT2D eigenvalue weighted by Crippen LogP contribution is -2.32. The van der Waals surface area contributed by atoms with E-state index >= 15 is 0 Å². The zero-order valence-electron chi connectivity index (χ0n) is 9.94. The second kappa shape index (κ2) is 6.07. The Hall–Kier alpha value is -1.00. The Labute approximate surface area is 106 Å². The maximum absolute atomic E-state index is 12.0. The Kier molecular flexibility index (Phi) is 4.45. The number of carbonyl (C=O) groups excluding carboxylic acids is 1. The predicted octanol–water partition coefficient (Wildman–Crippen LogP) is 2.32. The summed E-state index contributed by atoms with van der Waals surface area (Å²) >= 11 is 1.59. The molecule has 0 spiro atoms. The summed E-state index contributed by atoms with van der Waals surface area (Å²) in [5.74, 6) is -0.00884. The number of hydrogen-bond acceptors (Lipinski definition) is 3. The number of amides is 1. The van der Waals surface area contributed by atoms with Gasteiger partial charge in [0, 0.05) is 18.0 Å². The van der Waals surface area contributed by atoms with Crippen molar-refractivity contribution in [1.29, 1.82) is 0 Å². The maximum atomic E-state index is 12.0. The van der Waals surface area contributed by atoms with Crippen molar-refractivity contribution in [2.75, 3.05) is 19.4 Å². The van der Waals surface area contributed by atoms with Crippen LogP contribution in [0.4, 0.5) is 0 Å². The molecule has 1 fully saturated rings. The number of benzene rings is 1.